The van der Waals surface area contributed by atoms with Crippen molar-refractivity contribution in [2.24, 2.45) is 0 Å². The smallest absolute Gasteiger partial charge is 0.314 e. The molecule has 7 heteroatoms. The third-order valence-electron chi connectivity index (χ3n) is 4.17. The van der Waals surface area contributed by atoms with Crippen LogP contribution in [0.1, 0.15) is 5.56 Å². The van der Waals surface area contributed by atoms with Crippen LogP contribution in [0.25, 0.3) is 5.69 Å². The molecule has 2 amide bonds. The van der Waals surface area contributed by atoms with Gasteiger partial charge in [0.05, 0.1) is 25.1 Å². The van der Waals surface area contributed by atoms with Crippen molar-refractivity contribution in [1.82, 2.24) is 25.3 Å². The van der Waals surface area contributed by atoms with Crippen molar-refractivity contribution >= 4 is 6.03 Å². The molecule has 0 saturated carbocycles. The van der Waals surface area contributed by atoms with Crippen LogP contribution >= 0.6 is 0 Å². The molecule has 1 aromatic heterocycles. The van der Waals surface area contributed by atoms with Crippen molar-refractivity contribution in [3.8, 4) is 5.69 Å². The molecule has 1 aliphatic rings. The number of hydrogen-bond acceptors (Lipinski definition) is 4. The summed E-state index contributed by atoms with van der Waals surface area (Å²) in [5, 5.41) is 10.1. The van der Waals surface area contributed by atoms with Crippen LogP contribution in [-0.2, 0) is 11.2 Å². The highest BCUT2D eigenvalue weighted by Crippen LogP contribution is 2.07. The van der Waals surface area contributed by atoms with Gasteiger partial charge in [-0.1, -0.05) is 18.2 Å². The van der Waals surface area contributed by atoms with Gasteiger partial charge in [-0.25, -0.2) is 9.48 Å². The lowest BCUT2D eigenvalue weighted by Crippen LogP contribution is -2.44. The van der Waals surface area contributed by atoms with E-state index >= 15 is 0 Å². The normalized spacial score (nSPS) is 15.0. The topological polar surface area (TPSA) is 71.4 Å². The molecule has 25 heavy (non-hydrogen) atoms. The summed E-state index contributed by atoms with van der Waals surface area (Å²) < 4.78 is 7.15. The predicted molar refractivity (Wildman–Crippen MR) is 95.9 cm³/mol. The van der Waals surface area contributed by atoms with Crippen LogP contribution in [0.3, 0.4) is 0 Å². The molecule has 0 bridgehead atoms. The maximum absolute atomic E-state index is 11.8. The van der Waals surface area contributed by atoms with Gasteiger partial charge >= 0.3 is 6.03 Å². The molecular weight excluding hydrogens is 318 g/mol. The first kappa shape index (κ1) is 17.4. The number of carbonyl (C=O) groups is 1. The Morgan fingerprint density at radius 2 is 1.88 bits per heavy atom. The van der Waals surface area contributed by atoms with Crippen molar-refractivity contribution in [2.45, 2.75) is 6.42 Å². The Balaban J connectivity index is 1.32. The van der Waals surface area contributed by atoms with Crippen LogP contribution in [-0.4, -0.2) is 66.6 Å². The molecule has 0 unspecified atom stereocenters. The Morgan fingerprint density at radius 3 is 2.68 bits per heavy atom. The standard InChI is InChI=1S/C18H25N5O2/c24-18(20-8-9-22-10-12-25-13-11-22)19-7-6-16-14-21-23(15-16)17-4-2-1-3-5-17/h1-5,14-15H,6-13H2,(H2,19,20,24). The number of ether oxygens (including phenoxy) is 1. The summed E-state index contributed by atoms with van der Waals surface area (Å²) in [6, 6.07) is 9.85. The highest BCUT2D eigenvalue weighted by Gasteiger charge is 2.10. The van der Waals surface area contributed by atoms with Crippen molar-refractivity contribution < 1.29 is 9.53 Å². The monoisotopic (exact) mass is 343 g/mol. The zero-order valence-corrected chi connectivity index (χ0v) is 14.4. The number of amides is 2. The van der Waals surface area contributed by atoms with E-state index in [1.165, 1.54) is 0 Å². The number of rotatable bonds is 7. The minimum absolute atomic E-state index is 0.122. The second-order valence-corrected chi connectivity index (χ2v) is 6.02. The fourth-order valence-electron chi connectivity index (χ4n) is 2.75. The van der Waals surface area contributed by atoms with Crippen molar-refractivity contribution in [3.63, 3.8) is 0 Å². The third kappa shape index (κ3) is 5.58. The number of benzene rings is 1. The number of urea groups is 1. The van der Waals surface area contributed by atoms with E-state index in [-0.39, 0.29) is 6.03 Å². The second-order valence-electron chi connectivity index (χ2n) is 6.02. The Hall–Kier alpha value is -2.38. The highest BCUT2D eigenvalue weighted by atomic mass is 16.5. The SMILES string of the molecule is O=C(NCCc1cnn(-c2ccccc2)c1)NCCN1CCOCC1. The van der Waals surface area contributed by atoms with Gasteiger partial charge in [0.1, 0.15) is 0 Å². The molecule has 0 radical (unpaired) electrons. The number of hydrogen-bond donors (Lipinski definition) is 2. The molecule has 1 saturated heterocycles. The minimum atomic E-state index is -0.122. The van der Waals surface area contributed by atoms with E-state index in [1.54, 1.807) is 0 Å². The first-order chi connectivity index (χ1) is 12.3. The Labute approximate surface area is 148 Å². The average Bonchev–Trinajstić information content (AvgIpc) is 3.12. The summed E-state index contributed by atoms with van der Waals surface area (Å²) in [5.74, 6) is 0. The maximum atomic E-state index is 11.8. The van der Waals surface area contributed by atoms with Crippen molar-refractivity contribution in [3.05, 3.63) is 48.3 Å². The van der Waals surface area contributed by atoms with E-state index < -0.39 is 0 Å². The molecule has 134 valence electrons. The van der Waals surface area contributed by atoms with Crippen LogP contribution in [0.2, 0.25) is 0 Å². The first-order valence-corrected chi connectivity index (χ1v) is 8.72. The number of carbonyl (C=O) groups excluding carboxylic acids is 1. The quantitative estimate of drug-likeness (QED) is 0.788. The lowest BCUT2D eigenvalue weighted by molar-refractivity contribution is 0.0387. The number of nitrogens with one attached hydrogen (secondary N) is 2. The van der Waals surface area contributed by atoms with Gasteiger partial charge in [-0.3, -0.25) is 4.90 Å². The Kier molecular flexibility index (Phi) is 6.42. The molecule has 0 aliphatic carbocycles. The van der Waals surface area contributed by atoms with E-state index in [0.29, 0.717) is 13.1 Å². The molecule has 2 heterocycles. The summed E-state index contributed by atoms with van der Waals surface area (Å²) in [4.78, 5) is 14.1. The third-order valence-corrected chi connectivity index (χ3v) is 4.17. The molecule has 7 nitrogen and oxygen atoms in total. The molecular formula is C18H25N5O2. The van der Waals surface area contributed by atoms with Gasteiger partial charge in [-0.15, -0.1) is 0 Å². The zero-order chi connectivity index (χ0) is 17.3. The van der Waals surface area contributed by atoms with Crippen LogP contribution < -0.4 is 10.6 Å². The molecule has 3 rings (SSSR count). The van der Waals surface area contributed by atoms with Crippen LogP contribution in [0.15, 0.2) is 42.7 Å². The van der Waals surface area contributed by atoms with Crippen LogP contribution in [0.4, 0.5) is 4.79 Å². The average molecular weight is 343 g/mol. The molecule has 1 aromatic carbocycles. The van der Waals surface area contributed by atoms with Gasteiger partial charge in [0.15, 0.2) is 0 Å². The Bertz CT molecular complexity index is 652. The zero-order valence-electron chi connectivity index (χ0n) is 14.4. The van der Waals surface area contributed by atoms with E-state index in [9.17, 15) is 4.79 Å². The van der Waals surface area contributed by atoms with E-state index in [0.717, 1.165) is 50.5 Å². The van der Waals surface area contributed by atoms with E-state index in [4.69, 9.17) is 4.74 Å². The fraction of sp³-hybridized carbons (Fsp3) is 0.444. The summed E-state index contributed by atoms with van der Waals surface area (Å²) in [6.45, 7) is 5.54. The summed E-state index contributed by atoms with van der Waals surface area (Å²) in [5.41, 5.74) is 2.13. The molecule has 2 N–H and O–H groups in total. The number of nitrogens with zero attached hydrogens (tertiary/aromatic N) is 3. The molecule has 1 aliphatic heterocycles. The summed E-state index contributed by atoms with van der Waals surface area (Å²) in [7, 11) is 0. The summed E-state index contributed by atoms with van der Waals surface area (Å²) >= 11 is 0. The van der Waals surface area contributed by atoms with Crippen LogP contribution in [0.5, 0.6) is 0 Å². The van der Waals surface area contributed by atoms with E-state index in [1.807, 2.05) is 47.4 Å². The van der Waals surface area contributed by atoms with Gasteiger partial charge < -0.3 is 15.4 Å². The number of morpholine rings is 1. The lowest BCUT2D eigenvalue weighted by Gasteiger charge is -2.26. The number of aromatic nitrogens is 2. The van der Waals surface area contributed by atoms with Gasteiger partial charge in [0, 0.05) is 38.9 Å². The van der Waals surface area contributed by atoms with Crippen molar-refractivity contribution in [2.75, 3.05) is 45.9 Å². The van der Waals surface area contributed by atoms with Gasteiger partial charge in [0.2, 0.25) is 0 Å². The highest BCUT2D eigenvalue weighted by molar-refractivity contribution is 5.73. The summed E-state index contributed by atoms with van der Waals surface area (Å²) in [6.07, 6.45) is 4.59. The second kappa shape index (κ2) is 9.19. The molecule has 1 fully saturated rings. The first-order valence-electron chi connectivity index (χ1n) is 8.72. The van der Waals surface area contributed by atoms with Gasteiger partial charge in [0.25, 0.3) is 0 Å². The van der Waals surface area contributed by atoms with Crippen LogP contribution in [0, 0.1) is 0 Å². The maximum Gasteiger partial charge on any atom is 0.314 e. The largest absolute Gasteiger partial charge is 0.379 e. The minimum Gasteiger partial charge on any atom is -0.379 e. The van der Waals surface area contributed by atoms with Gasteiger partial charge in [-0.05, 0) is 24.1 Å². The number of para-hydroxylation sites is 1. The van der Waals surface area contributed by atoms with E-state index in [2.05, 4.69) is 20.6 Å². The van der Waals surface area contributed by atoms with Crippen molar-refractivity contribution in [1.29, 1.82) is 0 Å². The fourth-order valence-corrected chi connectivity index (χ4v) is 2.75. The van der Waals surface area contributed by atoms with Gasteiger partial charge in [-0.2, -0.15) is 5.10 Å². The molecule has 2 aromatic rings. The molecule has 0 atom stereocenters. The molecule has 0 spiro atoms. The Morgan fingerprint density at radius 1 is 1.12 bits per heavy atom. The predicted octanol–water partition coefficient (Wildman–Crippen LogP) is 1.05. The lowest BCUT2D eigenvalue weighted by atomic mass is 10.2.